The Morgan fingerprint density at radius 2 is 1.69 bits per heavy atom. The van der Waals surface area contributed by atoms with Gasteiger partial charge in [-0.05, 0) is 91.8 Å². The highest BCUT2D eigenvalue weighted by Crippen LogP contribution is 2.72. The number of Topliss-reactive ketones (excluding diaryl/α,β-unsaturated/α-hetero) is 1. The molecule has 3 heteroatoms. The normalized spacial score (nSPS) is 39.1. The molecular formula is C32H50O3. The van der Waals surface area contributed by atoms with Crippen molar-refractivity contribution in [3.8, 4) is 0 Å². The van der Waals surface area contributed by atoms with Crippen molar-refractivity contribution < 1.29 is 14.3 Å². The minimum Gasteiger partial charge on any atom is -0.469 e. The van der Waals surface area contributed by atoms with E-state index in [2.05, 4.69) is 55.0 Å². The van der Waals surface area contributed by atoms with Gasteiger partial charge in [0.15, 0.2) is 0 Å². The molecular weight excluding hydrogens is 432 g/mol. The van der Waals surface area contributed by atoms with Crippen LogP contribution in [0.25, 0.3) is 0 Å². The van der Waals surface area contributed by atoms with Gasteiger partial charge in [-0.3, -0.25) is 9.59 Å². The molecule has 4 rings (SSSR count). The van der Waals surface area contributed by atoms with E-state index in [-0.39, 0.29) is 33.5 Å². The molecule has 0 aromatic carbocycles. The molecule has 0 aromatic rings. The highest BCUT2D eigenvalue weighted by atomic mass is 16.5. The van der Waals surface area contributed by atoms with E-state index in [4.69, 9.17) is 4.74 Å². The summed E-state index contributed by atoms with van der Waals surface area (Å²) in [5.41, 5.74) is 4.79. The van der Waals surface area contributed by atoms with Crippen LogP contribution in [0.3, 0.4) is 0 Å². The third kappa shape index (κ3) is 3.81. The monoisotopic (exact) mass is 482 g/mol. The molecule has 0 unspecified atom stereocenters. The van der Waals surface area contributed by atoms with E-state index in [1.807, 2.05) is 0 Å². The van der Waals surface area contributed by atoms with Crippen molar-refractivity contribution in [3.63, 3.8) is 0 Å². The molecule has 0 N–H and O–H groups in total. The SMILES string of the molecule is C=C(CC[C@@H](C(=O)OC)[C@H]1CC[C@@]2(C)C3=C(CC[C@]12C)[C@@]1(C)CCC(=O)C(C)(C)[C@@H]1CC3)C(C)C. The summed E-state index contributed by atoms with van der Waals surface area (Å²) in [5, 5.41) is 0. The van der Waals surface area contributed by atoms with E-state index in [0.29, 0.717) is 23.5 Å². The van der Waals surface area contributed by atoms with Crippen LogP contribution >= 0.6 is 0 Å². The smallest absolute Gasteiger partial charge is 0.308 e. The van der Waals surface area contributed by atoms with Gasteiger partial charge in [0.25, 0.3) is 0 Å². The molecule has 6 atom stereocenters. The lowest BCUT2D eigenvalue weighted by atomic mass is 9.43. The minimum atomic E-state index is -0.222. The largest absolute Gasteiger partial charge is 0.469 e. The number of ether oxygens (including phenoxy) is 1. The summed E-state index contributed by atoms with van der Waals surface area (Å²) in [4.78, 5) is 26.0. The maximum absolute atomic E-state index is 13.1. The molecule has 4 aliphatic carbocycles. The van der Waals surface area contributed by atoms with Gasteiger partial charge in [-0.1, -0.05) is 71.8 Å². The zero-order valence-electron chi connectivity index (χ0n) is 23.8. The quantitative estimate of drug-likeness (QED) is 0.284. The topological polar surface area (TPSA) is 43.4 Å². The van der Waals surface area contributed by atoms with Crippen LogP contribution in [0, 0.1) is 45.3 Å². The molecule has 2 saturated carbocycles. The molecule has 0 bridgehead atoms. The lowest BCUT2D eigenvalue weighted by molar-refractivity contribution is -0.150. The molecule has 0 spiro atoms. The second-order valence-corrected chi connectivity index (χ2v) is 14.0. The molecule has 3 nitrogen and oxygen atoms in total. The Bertz CT molecular complexity index is 938. The summed E-state index contributed by atoms with van der Waals surface area (Å²) in [5.74, 6) is 1.62. The van der Waals surface area contributed by atoms with Crippen molar-refractivity contribution in [1.82, 2.24) is 0 Å². The van der Waals surface area contributed by atoms with Gasteiger partial charge in [-0.25, -0.2) is 0 Å². The second kappa shape index (κ2) is 8.88. The van der Waals surface area contributed by atoms with Crippen LogP contribution < -0.4 is 0 Å². The number of carbonyl (C=O) groups is 2. The summed E-state index contributed by atoms with van der Waals surface area (Å²) < 4.78 is 5.39. The summed E-state index contributed by atoms with van der Waals surface area (Å²) in [6, 6.07) is 0. The van der Waals surface area contributed by atoms with E-state index >= 15 is 0 Å². The van der Waals surface area contributed by atoms with E-state index in [1.165, 1.54) is 5.57 Å². The number of methoxy groups -OCH3 is 1. The average molecular weight is 483 g/mol. The number of hydrogen-bond donors (Lipinski definition) is 0. The van der Waals surface area contributed by atoms with Crippen molar-refractivity contribution in [2.24, 2.45) is 45.3 Å². The van der Waals surface area contributed by atoms with Gasteiger partial charge in [-0.15, -0.1) is 0 Å². The van der Waals surface area contributed by atoms with E-state index < -0.39 is 0 Å². The molecule has 0 aromatic heterocycles. The predicted octanol–water partition coefficient (Wildman–Crippen LogP) is 8.09. The fourth-order valence-corrected chi connectivity index (χ4v) is 9.44. The Morgan fingerprint density at radius 1 is 1.00 bits per heavy atom. The number of hydrogen-bond acceptors (Lipinski definition) is 3. The first-order chi connectivity index (χ1) is 16.2. The third-order valence-corrected chi connectivity index (χ3v) is 12.1. The number of ketones is 1. The van der Waals surface area contributed by atoms with E-state index in [0.717, 1.165) is 64.2 Å². The van der Waals surface area contributed by atoms with Crippen molar-refractivity contribution in [3.05, 3.63) is 23.3 Å². The number of carbonyl (C=O) groups excluding carboxylic acids is 2. The van der Waals surface area contributed by atoms with Crippen LogP contribution in [0.4, 0.5) is 0 Å². The van der Waals surface area contributed by atoms with Crippen LogP contribution in [-0.4, -0.2) is 18.9 Å². The van der Waals surface area contributed by atoms with Crippen molar-refractivity contribution in [2.45, 2.75) is 113 Å². The summed E-state index contributed by atoms with van der Waals surface area (Å²) in [7, 11) is 1.55. The lowest BCUT2D eigenvalue weighted by Crippen LogP contribution is -2.54. The Morgan fingerprint density at radius 3 is 2.31 bits per heavy atom. The van der Waals surface area contributed by atoms with Crippen LogP contribution in [0.1, 0.15) is 113 Å². The number of esters is 1. The van der Waals surface area contributed by atoms with Gasteiger partial charge in [-0.2, -0.15) is 0 Å². The highest BCUT2D eigenvalue weighted by molar-refractivity contribution is 5.85. The Kier molecular flexibility index (Phi) is 6.76. The Labute approximate surface area is 214 Å². The predicted molar refractivity (Wildman–Crippen MR) is 143 cm³/mol. The summed E-state index contributed by atoms with van der Waals surface area (Å²) in [6.07, 6.45) is 10.3. The fraction of sp³-hybridized carbons (Fsp3) is 0.812. The molecule has 0 saturated heterocycles. The molecule has 4 aliphatic rings. The van der Waals surface area contributed by atoms with Gasteiger partial charge < -0.3 is 4.74 Å². The molecule has 2 fully saturated rings. The molecule has 35 heavy (non-hydrogen) atoms. The Hall–Kier alpha value is -1.38. The van der Waals surface area contributed by atoms with Gasteiger partial charge in [0.05, 0.1) is 13.0 Å². The van der Waals surface area contributed by atoms with Gasteiger partial charge in [0.2, 0.25) is 0 Å². The molecule has 0 radical (unpaired) electrons. The number of fused-ring (bicyclic) bond motifs is 4. The van der Waals surface area contributed by atoms with Crippen LogP contribution in [-0.2, 0) is 14.3 Å². The number of rotatable bonds is 6. The highest BCUT2D eigenvalue weighted by Gasteiger charge is 2.64. The lowest BCUT2D eigenvalue weighted by Gasteiger charge is -2.60. The second-order valence-electron chi connectivity index (χ2n) is 14.0. The molecule has 196 valence electrons. The van der Waals surface area contributed by atoms with E-state index in [9.17, 15) is 9.59 Å². The van der Waals surface area contributed by atoms with Gasteiger partial charge in [0, 0.05) is 11.8 Å². The molecule has 0 amide bonds. The zero-order chi connectivity index (χ0) is 26.0. The van der Waals surface area contributed by atoms with Gasteiger partial charge in [0.1, 0.15) is 5.78 Å². The maximum atomic E-state index is 13.1. The van der Waals surface area contributed by atoms with Gasteiger partial charge >= 0.3 is 5.97 Å². The number of allylic oxidation sites excluding steroid dienone is 3. The van der Waals surface area contributed by atoms with Crippen molar-refractivity contribution >= 4 is 11.8 Å². The van der Waals surface area contributed by atoms with Crippen molar-refractivity contribution in [1.29, 1.82) is 0 Å². The third-order valence-electron chi connectivity index (χ3n) is 12.1. The first kappa shape index (κ1) is 26.7. The first-order valence-electron chi connectivity index (χ1n) is 14.3. The van der Waals surface area contributed by atoms with Crippen molar-refractivity contribution in [2.75, 3.05) is 7.11 Å². The molecule has 0 aliphatic heterocycles. The standard InChI is InChI=1S/C32H50O3/c1-20(2)21(3)10-11-22(28(34)35-9)23-14-18-32(8)25-12-13-26-29(4,5)27(33)16-17-30(26,6)24(25)15-19-31(23,32)7/h20,22-23,26H,3,10-19H2,1-2,4-9H3/t22-,23-,26+,30-,31-,32+/m1/s1. The maximum Gasteiger partial charge on any atom is 0.308 e. The van der Waals surface area contributed by atoms with Crippen LogP contribution in [0.2, 0.25) is 0 Å². The summed E-state index contributed by atoms with van der Waals surface area (Å²) >= 11 is 0. The van der Waals surface area contributed by atoms with E-state index in [1.54, 1.807) is 18.3 Å². The fourth-order valence-electron chi connectivity index (χ4n) is 9.44. The van der Waals surface area contributed by atoms with Crippen LogP contribution in [0.5, 0.6) is 0 Å². The van der Waals surface area contributed by atoms with Crippen LogP contribution in [0.15, 0.2) is 23.3 Å². The first-order valence-corrected chi connectivity index (χ1v) is 14.3. The minimum absolute atomic E-state index is 0.0278. The molecule has 0 heterocycles. The zero-order valence-corrected chi connectivity index (χ0v) is 23.8. The summed E-state index contributed by atoms with van der Waals surface area (Å²) in [6.45, 7) is 20.6. The Balaban J connectivity index is 1.69. The average Bonchev–Trinajstić information content (AvgIpc) is 3.08.